The van der Waals surface area contributed by atoms with Gasteiger partial charge in [-0.2, -0.15) is 0 Å². The first-order chi connectivity index (χ1) is 12.2. The first-order valence-electron chi connectivity index (χ1n) is 10.1. The quantitative estimate of drug-likeness (QED) is 0.342. The predicted molar refractivity (Wildman–Crippen MR) is 102 cm³/mol. The number of hydrogen-bond donors (Lipinski definition) is 0. The van der Waals surface area contributed by atoms with E-state index in [1.807, 2.05) is 24.3 Å². The van der Waals surface area contributed by atoms with Crippen LogP contribution in [-0.2, 0) is 11.2 Å². The number of carbonyl (C=O) groups is 1. The summed E-state index contributed by atoms with van der Waals surface area (Å²) in [5.74, 6) is -0.556. The van der Waals surface area contributed by atoms with Gasteiger partial charge in [0.1, 0.15) is 11.9 Å². The molecule has 1 unspecified atom stereocenters. The number of carboxylic acids is 1. The zero-order chi connectivity index (χ0) is 18.3. The number of rotatable bonds is 15. The molecule has 0 aromatic heterocycles. The number of hydrogen-bond acceptors (Lipinski definition) is 3. The maximum Gasteiger partial charge on any atom is 1.00 e. The number of aryl methyl sites for hydroxylation is 1. The smallest absolute Gasteiger partial charge is 0.546 e. The van der Waals surface area contributed by atoms with Crippen molar-refractivity contribution in [2.45, 2.75) is 97.0 Å². The van der Waals surface area contributed by atoms with Crippen LogP contribution in [0.3, 0.4) is 0 Å². The summed E-state index contributed by atoms with van der Waals surface area (Å²) in [6.45, 7) is 4.04. The van der Waals surface area contributed by atoms with E-state index in [1.54, 1.807) is 6.92 Å². The van der Waals surface area contributed by atoms with Gasteiger partial charge in [-0.1, -0.05) is 83.8 Å². The molecule has 142 valence electrons. The Labute approximate surface area is 202 Å². The monoisotopic (exact) mass is 386 g/mol. The number of benzene rings is 1. The van der Waals surface area contributed by atoms with Crippen LogP contribution >= 0.6 is 0 Å². The molecule has 0 aliphatic rings. The SMILES string of the molecule is CCCCCCCCCCCCc1ccc(OC(CC)C(=O)[O-])cc1.[K+]. The van der Waals surface area contributed by atoms with Gasteiger partial charge in [0.15, 0.2) is 0 Å². The third-order valence-corrected chi connectivity index (χ3v) is 4.65. The largest absolute Gasteiger partial charge is 1.00 e. The summed E-state index contributed by atoms with van der Waals surface area (Å²) in [4.78, 5) is 10.9. The second-order valence-corrected chi connectivity index (χ2v) is 6.91. The molecule has 0 amide bonds. The minimum Gasteiger partial charge on any atom is -0.546 e. The van der Waals surface area contributed by atoms with Crippen molar-refractivity contribution >= 4 is 5.97 Å². The Morgan fingerprint density at radius 2 is 1.38 bits per heavy atom. The maximum absolute atomic E-state index is 10.9. The second-order valence-electron chi connectivity index (χ2n) is 6.91. The van der Waals surface area contributed by atoms with Crippen LogP contribution in [0.5, 0.6) is 5.75 Å². The fraction of sp³-hybridized carbons (Fsp3) is 0.682. The van der Waals surface area contributed by atoms with Crippen LogP contribution in [0.15, 0.2) is 24.3 Å². The van der Waals surface area contributed by atoms with Crippen molar-refractivity contribution in [2.24, 2.45) is 0 Å². The van der Waals surface area contributed by atoms with Crippen LogP contribution in [0.4, 0.5) is 0 Å². The van der Waals surface area contributed by atoms with Crippen molar-refractivity contribution in [3.05, 3.63) is 29.8 Å². The molecule has 1 aromatic rings. The fourth-order valence-electron chi connectivity index (χ4n) is 3.01. The van der Waals surface area contributed by atoms with Crippen molar-refractivity contribution in [3.8, 4) is 5.75 Å². The van der Waals surface area contributed by atoms with Crippen LogP contribution in [-0.4, -0.2) is 12.1 Å². The van der Waals surface area contributed by atoms with Gasteiger partial charge in [-0.3, -0.25) is 0 Å². The molecule has 4 heteroatoms. The molecular formula is C22H35KO3. The Morgan fingerprint density at radius 1 is 0.885 bits per heavy atom. The van der Waals surface area contributed by atoms with Crippen molar-refractivity contribution in [1.82, 2.24) is 0 Å². The Bertz CT molecular complexity index is 459. The van der Waals surface area contributed by atoms with Crippen LogP contribution in [0.25, 0.3) is 0 Å². The molecule has 0 aliphatic carbocycles. The van der Waals surface area contributed by atoms with Crippen molar-refractivity contribution in [3.63, 3.8) is 0 Å². The number of unbranched alkanes of at least 4 members (excludes halogenated alkanes) is 9. The van der Waals surface area contributed by atoms with Crippen molar-refractivity contribution in [1.29, 1.82) is 0 Å². The van der Waals surface area contributed by atoms with Crippen molar-refractivity contribution < 1.29 is 66.0 Å². The molecule has 0 aliphatic heterocycles. The van der Waals surface area contributed by atoms with Gasteiger partial charge in [-0.05, 0) is 37.0 Å². The van der Waals surface area contributed by atoms with E-state index in [2.05, 4.69) is 6.92 Å². The molecule has 0 spiro atoms. The average Bonchev–Trinajstić information content (AvgIpc) is 2.62. The predicted octanol–water partition coefficient (Wildman–Crippen LogP) is 2.06. The zero-order valence-corrected chi connectivity index (χ0v) is 20.2. The molecule has 1 atom stereocenters. The van der Waals surface area contributed by atoms with Gasteiger partial charge in [0, 0.05) is 0 Å². The van der Waals surface area contributed by atoms with E-state index in [4.69, 9.17) is 4.74 Å². The summed E-state index contributed by atoms with van der Waals surface area (Å²) in [5.41, 5.74) is 1.29. The van der Waals surface area contributed by atoms with E-state index in [0.717, 1.165) is 6.42 Å². The number of ether oxygens (including phenoxy) is 1. The second kappa shape index (κ2) is 17.2. The minimum absolute atomic E-state index is 0. The Morgan fingerprint density at radius 3 is 1.85 bits per heavy atom. The molecule has 0 N–H and O–H groups in total. The zero-order valence-electron chi connectivity index (χ0n) is 17.1. The first kappa shape index (κ1) is 26.1. The third-order valence-electron chi connectivity index (χ3n) is 4.65. The van der Waals surface area contributed by atoms with E-state index >= 15 is 0 Å². The van der Waals surface area contributed by atoms with E-state index in [9.17, 15) is 9.90 Å². The molecule has 3 nitrogen and oxygen atoms in total. The summed E-state index contributed by atoms with van der Waals surface area (Å²) in [6.07, 6.45) is 14.1. The van der Waals surface area contributed by atoms with E-state index in [-0.39, 0.29) is 51.4 Å². The number of carbonyl (C=O) groups excluding carboxylic acids is 1. The van der Waals surface area contributed by atoms with Crippen molar-refractivity contribution in [2.75, 3.05) is 0 Å². The molecule has 1 rings (SSSR count). The van der Waals surface area contributed by atoms with Gasteiger partial charge in [-0.15, -0.1) is 0 Å². The third kappa shape index (κ3) is 12.5. The molecule has 1 aromatic carbocycles. The molecule has 0 saturated heterocycles. The first-order valence-corrected chi connectivity index (χ1v) is 10.1. The topological polar surface area (TPSA) is 49.4 Å². The minimum atomic E-state index is -1.16. The maximum atomic E-state index is 10.9. The van der Waals surface area contributed by atoms with E-state index < -0.39 is 12.1 Å². The van der Waals surface area contributed by atoms with Gasteiger partial charge >= 0.3 is 51.4 Å². The molecule has 0 bridgehead atoms. The Kier molecular flexibility index (Phi) is 17.3. The summed E-state index contributed by atoms with van der Waals surface area (Å²) in [7, 11) is 0. The number of carboxylic acid groups (broad SMARTS) is 1. The van der Waals surface area contributed by atoms with Gasteiger partial charge in [0.25, 0.3) is 0 Å². The standard InChI is InChI=1S/C22H36O3.K/c1-3-5-6-7-8-9-10-11-12-13-14-19-15-17-20(18-16-19)25-21(4-2)22(23)24;/h15-18,21H,3-14H2,1-2H3,(H,23,24);/q;+1/p-1. The van der Waals surface area contributed by atoms with Gasteiger partial charge in [0.05, 0.1) is 5.97 Å². The average molecular weight is 387 g/mol. The summed E-state index contributed by atoms with van der Waals surface area (Å²) < 4.78 is 5.42. The Balaban J connectivity index is 0.00000625. The molecule has 0 fully saturated rings. The van der Waals surface area contributed by atoms with E-state index in [0.29, 0.717) is 12.2 Å². The molecule has 0 radical (unpaired) electrons. The molecular weight excluding hydrogens is 351 g/mol. The summed E-state index contributed by atoms with van der Waals surface area (Å²) in [6, 6.07) is 7.78. The van der Waals surface area contributed by atoms with Gasteiger partial charge in [0.2, 0.25) is 0 Å². The molecule has 0 heterocycles. The normalized spacial score (nSPS) is 11.6. The van der Waals surface area contributed by atoms with Gasteiger partial charge < -0.3 is 14.6 Å². The molecule has 26 heavy (non-hydrogen) atoms. The van der Waals surface area contributed by atoms with Crippen LogP contribution in [0.1, 0.15) is 90.0 Å². The van der Waals surface area contributed by atoms with E-state index in [1.165, 1.54) is 69.8 Å². The Hall–Kier alpha value is 0.126. The van der Waals surface area contributed by atoms with Gasteiger partial charge in [-0.25, -0.2) is 0 Å². The summed E-state index contributed by atoms with van der Waals surface area (Å²) >= 11 is 0. The van der Waals surface area contributed by atoms with Crippen LogP contribution in [0, 0.1) is 0 Å². The van der Waals surface area contributed by atoms with Crippen LogP contribution < -0.4 is 61.2 Å². The number of aliphatic carboxylic acids is 1. The van der Waals surface area contributed by atoms with Crippen LogP contribution in [0.2, 0.25) is 0 Å². The fourth-order valence-corrected chi connectivity index (χ4v) is 3.01. The summed E-state index contributed by atoms with van der Waals surface area (Å²) in [5, 5.41) is 10.9. The molecule has 0 saturated carbocycles.